The fourth-order valence-corrected chi connectivity index (χ4v) is 5.01. The van der Waals surface area contributed by atoms with E-state index in [2.05, 4.69) is 10.3 Å². The van der Waals surface area contributed by atoms with E-state index >= 15 is 0 Å². The lowest BCUT2D eigenvalue weighted by Crippen LogP contribution is -2.18. The highest BCUT2D eigenvalue weighted by molar-refractivity contribution is 7.91. The summed E-state index contributed by atoms with van der Waals surface area (Å²) >= 11 is -2.48. The number of anilines is 2. The first-order valence-electron chi connectivity index (χ1n) is 10.00. The van der Waals surface area contributed by atoms with Crippen LogP contribution in [0, 0.1) is 11.3 Å². The summed E-state index contributed by atoms with van der Waals surface area (Å²) in [5.74, 6) is -0.496. The summed E-state index contributed by atoms with van der Waals surface area (Å²) in [5.41, 5.74) is 1.78. The fraction of sp³-hybridized carbons (Fsp3) is 0.0435. The molecule has 1 amide bonds. The third kappa shape index (κ3) is 5.23. The molecule has 12 heteroatoms. The zero-order valence-electron chi connectivity index (χ0n) is 18.1. The average Bonchev–Trinajstić information content (AvgIpc) is 3.27. The molecule has 35 heavy (non-hydrogen) atoms. The van der Waals surface area contributed by atoms with E-state index in [0.29, 0.717) is 16.6 Å². The van der Waals surface area contributed by atoms with Crippen LogP contribution in [0.5, 0.6) is 0 Å². The summed E-state index contributed by atoms with van der Waals surface area (Å²) in [7, 11) is -2.44. The fourth-order valence-electron chi connectivity index (χ4n) is 3.38. The number of hydrogen-bond acceptors (Lipinski definition) is 7. The Kier molecular flexibility index (Phi) is 6.68. The van der Waals surface area contributed by atoms with E-state index in [1.165, 1.54) is 49.5 Å². The van der Waals surface area contributed by atoms with Gasteiger partial charge in [0.15, 0.2) is 0 Å². The van der Waals surface area contributed by atoms with Crippen molar-refractivity contribution in [2.45, 2.75) is 9.79 Å². The van der Waals surface area contributed by atoms with Gasteiger partial charge in [-0.2, -0.15) is 9.47 Å². The van der Waals surface area contributed by atoms with Gasteiger partial charge in [-0.25, -0.2) is 13.5 Å². The molecular formula is C23H18N4O6S2. The van der Waals surface area contributed by atoms with Crippen LogP contribution in [-0.4, -0.2) is 35.1 Å². The topological polar surface area (TPSA) is 153 Å². The van der Waals surface area contributed by atoms with Crippen LogP contribution < -0.4 is 10.4 Å². The predicted octanol–water partition coefficient (Wildman–Crippen LogP) is 3.63. The maximum atomic E-state index is 13.0. The molecule has 178 valence electrons. The molecule has 0 radical (unpaired) electrons. The number of hydroxylamine groups is 1. The van der Waals surface area contributed by atoms with Gasteiger partial charge < -0.3 is 10.3 Å². The van der Waals surface area contributed by atoms with Crippen LogP contribution >= 0.6 is 0 Å². The summed E-state index contributed by atoms with van der Waals surface area (Å²) in [6.45, 7) is 0. The van der Waals surface area contributed by atoms with Crippen molar-refractivity contribution in [3.8, 4) is 6.07 Å². The van der Waals surface area contributed by atoms with Crippen LogP contribution in [0.4, 0.5) is 11.4 Å². The average molecular weight is 511 g/mol. The summed E-state index contributed by atoms with van der Waals surface area (Å²) in [6, 6.07) is 20.1. The predicted molar refractivity (Wildman–Crippen MR) is 130 cm³/mol. The normalized spacial score (nSPS) is 12.1. The number of carbonyl (C=O) groups is 1. The lowest BCUT2D eigenvalue weighted by Gasteiger charge is -2.14. The second-order valence-electron chi connectivity index (χ2n) is 7.37. The number of amides is 1. The highest BCUT2D eigenvalue weighted by Crippen LogP contribution is 2.26. The number of hydrogen-bond donors (Lipinski definition) is 3. The number of rotatable bonds is 7. The molecule has 1 unspecified atom stereocenters. The van der Waals surface area contributed by atoms with Crippen molar-refractivity contribution in [2.24, 2.45) is 0 Å². The Bertz CT molecular complexity index is 1610. The van der Waals surface area contributed by atoms with Crippen molar-refractivity contribution < 1.29 is 26.3 Å². The molecule has 1 heterocycles. The molecule has 1 aromatic heterocycles. The van der Waals surface area contributed by atoms with Crippen molar-refractivity contribution in [1.82, 2.24) is 4.98 Å². The Balaban J connectivity index is 1.57. The molecule has 4 aromatic rings. The molecule has 0 aliphatic rings. The first-order valence-corrected chi connectivity index (χ1v) is 12.5. The zero-order chi connectivity index (χ0) is 25.2. The molecule has 4 rings (SSSR count). The number of fused-ring (bicyclic) bond motifs is 1. The van der Waals surface area contributed by atoms with E-state index in [9.17, 15) is 17.4 Å². The molecule has 3 aromatic carbocycles. The minimum absolute atomic E-state index is 0.0228. The number of aromatic amines is 1. The Morgan fingerprint density at radius 2 is 1.80 bits per heavy atom. The van der Waals surface area contributed by atoms with Gasteiger partial charge in [-0.15, -0.1) is 4.28 Å². The quantitative estimate of drug-likeness (QED) is 0.252. The van der Waals surface area contributed by atoms with Crippen molar-refractivity contribution in [2.75, 3.05) is 17.4 Å². The van der Waals surface area contributed by atoms with Gasteiger partial charge in [0.2, 0.25) is 9.84 Å². The number of carbonyl (C=O) groups excluding carboxylic acids is 1. The number of nitrogens with one attached hydrogen (secondary N) is 2. The monoisotopic (exact) mass is 510 g/mol. The summed E-state index contributed by atoms with van der Waals surface area (Å²) in [6.07, 6.45) is 0. The van der Waals surface area contributed by atoms with Gasteiger partial charge >= 0.3 is 11.4 Å². The van der Waals surface area contributed by atoms with Gasteiger partial charge in [0.25, 0.3) is 5.91 Å². The molecule has 10 nitrogen and oxygen atoms in total. The van der Waals surface area contributed by atoms with Crippen molar-refractivity contribution >= 4 is 49.4 Å². The van der Waals surface area contributed by atoms with Gasteiger partial charge in [-0.3, -0.25) is 9.35 Å². The van der Waals surface area contributed by atoms with Crippen molar-refractivity contribution in [3.05, 3.63) is 84.1 Å². The van der Waals surface area contributed by atoms with Crippen LogP contribution in [0.15, 0.2) is 82.6 Å². The van der Waals surface area contributed by atoms with E-state index in [1.807, 2.05) is 6.07 Å². The number of nitrogens with zero attached hydrogens (tertiary/aromatic N) is 2. The van der Waals surface area contributed by atoms with Crippen LogP contribution in [0.25, 0.3) is 10.9 Å². The Morgan fingerprint density at radius 3 is 2.51 bits per heavy atom. The van der Waals surface area contributed by atoms with E-state index in [1.54, 1.807) is 30.3 Å². The highest BCUT2D eigenvalue weighted by atomic mass is 32.2. The highest BCUT2D eigenvalue weighted by Gasteiger charge is 2.19. The second-order valence-corrected chi connectivity index (χ2v) is 9.90. The maximum absolute atomic E-state index is 13.0. The van der Waals surface area contributed by atoms with Crippen LogP contribution in [0.1, 0.15) is 16.1 Å². The second kappa shape index (κ2) is 9.69. The minimum Gasteiger partial charge on any atom is -0.350 e. The molecule has 1 atom stereocenters. The molecule has 0 aliphatic carbocycles. The minimum atomic E-state index is -3.90. The summed E-state index contributed by atoms with van der Waals surface area (Å²) in [4.78, 5) is 15.7. The van der Waals surface area contributed by atoms with E-state index in [4.69, 9.17) is 14.1 Å². The third-order valence-corrected chi connectivity index (χ3v) is 7.17. The Labute approximate surface area is 203 Å². The van der Waals surface area contributed by atoms with E-state index < -0.39 is 27.1 Å². The number of H-pyrrole nitrogens is 1. The number of aromatic nitrogens is 1. The maximum Gasteiger partial charge on any atom is 0.325 e. The van der Waals surface area contributed by atoms with Crippen LogP contribution in [0.3, 0.4) is 0 Å². The van der Waals surface area contributed by atoms with Crippen molar-refractivity contribution in [1.29, 1.82) is 5.26 Å². The number of benzene rings is 3. The molecule has 0 spiro atoms. The summed E-state index contributed by atoms with van der Waals surface area (Å²) < 4.78 is 50.4. The van der Waals surface area contributed by atoms with Gasteiger partial charge in [-0.05, 0) is 54.6 Å². The van der Waals surface area contributed by atoms with Gasteiger partial charge in [0.05, 0.1) is 27.1 Å². The largest absolute Gasteiger partial charge is 0.350 e. The molecule has 0 aliphatic heterocycles. The van der Waals surface area contributed by atoms with Gasteiger partial charge in [-0.1, -0.05) is 18.2 Å². The lowest BCUT2D eigenvalue weighted by atomic mass is 10.2. The zero-order valence-corrected chi connectivity index (χ0v) is 19.8. The summed E-state index contributed by atoms with van der Waals surface area (Å²) in [5, 5.41) is 13.6. The Hall–Kier alpha value is -4.02. The number of nitriles is 1. The standard InChI is InChI=1S/C23H18N4O6S2/c1-27(33-34(29)30)18-9-8-16-11-22(26-21(16)13-18)23(28)25-17-5-3-7-20(12-17)35(31,32)19-6-2-4-15(10-19)14-24/h2-13,26H,1H3,(H,25,28)(H,29,30). The molecule has 0 fully saturated rings. The van der Waals surface area contributed by atoms with E-state index in [0.717, 1.165) is 5.06 Å². The first kappa shape index (κ1) is 24.1. The smallest absolute Gasteiger partial charge is 0.325 e. The van der Waals surface area contributed by atoms with Crippen LogP contribution in [0.2, 0.25) is 0 Å². The third-order valence-electron chi connectivity index (χ3n) is 5.07. The van der Waals surface area contributed by atoms with E-state index in [-0.39, 0.29) is 26.7 Å². The molecular weight excluding hydrogens is 492 g/mol. The Morgan fingerprint density at radius 1 is 1.09 bits per heavy atom. The van der Waals surface area contributed by atoms with Crippen LogP contribution in [-0.2, 0) is 25.5 Å². The first-order chi connectivity index (χ1) is 16.7. The molecule has 0 saturated heterocycles. The molecule has 0 saturated carbocycles. The number of sulfone groups is 1. The molecule has 3 N–H and O–H groups in total. The SMILES string of the molecule is CN(OS(=O)O)c1ccc2cc(C(=O)Nc3cccc(S(=O)(=O)c4cccc(C#N)c4)c3)[nH]c2c1. The molecule has 0 bridgehead atoms. The van der Waals surface area contributed by atoms with Gasteiger partial charge in [0.1, 0.15) is 5.69 Å². The lowest BCUT2D eigenvalue weighted by molar-refractivity contribution is 0.102. The van der Waals surface area contributed by atoms with Crippen molar-refractivity contribution in [3.63, 3.8) is 0 Å². The van der Waals surface area contributed by atoms with Gasteiger partial charge in [0, 0.05) is 23.6 Å².